The molecule has 3 rings (SSSR count). The summed E-state index contributed by atoms with van der Waals surface area (Å²) < 4.78 is 8.27. The number of halogens is 1. The molecule has 122 valence electrons. The molecule has 0 unspecified atom stereocenters. The van der Waals surface area contributed by atoms with Crippen molar-refractivity contribution in [3.63, 3.8) is 0 Å². The molecule has 0 saturated carbocycles. The van der Waals surface area contributed by atoms with Crippen LogP contribution in [0.25, 0.3) is 11.1 Å². The molecule has 1 amide bonds. The Hall–Kier alpha value is -1.82. The summed E-state index contributed by atoms with van der Waals surface area (Å²) in [5.74, 6) is 0. The summed E-state index contributed by atoms with van der Waals surface area (Å²) in [5.41, 5.74) is 2.98. The molecule has 3 heterocycles. The van der Waals surface area contributed by atoms with Crippen LogP contribution in [0.4, 0.5) is 4.79 Å². The summed E-state index contributed by atoms with van der Waals surface area (Å²) in [6.07, 6.45) is 6.38. The minimum atomic E-state index is -0.463. The van der Waals surface area contributed by atoms with Gasteiger partial charge in [0.15, 0.2) is 0 Å². The number of nitrogens with zero attached hydrogens (tertiary/aromatic N) is 3. The van der Waals surface area contributed by atoms with Crippen LogP contribution in [-0.4, -0.2) is 39.3 Å². The third kappa shape index (κ3) is 3.42. The summed E-state index contributed by atoms with van der Waals surface area (Å²) in [6.45, 7) is 6.88. The van der Waals surface area contributed by atoms with Gasteiger partial charge >= 0.3 is 6.09 Å². The van der Waals surface area contributed by atoms with Crippen LogP contribution in [0, 0.1) is 0 Å². The highest BCUT2D eigenvalue weighted by atomic mass is 79.9. The van der Waals surface area contributed by atoms with Crippen molar-refractivity contribution in [2.75, 3.05) is 13.1 Å². The Balaban J connectivity index is 1.81. The Morgan fingerprint density at radius 2 is 2.17 bits per heavy atom. The van der Waals surface area contributed by atoms with Crippen LogP contribution >= 0.6 is 15.9 Å². The Morgan fingerprint density at radius 1 is 1.39 bits per heavy atom. The van der Waals surface area contributed by atoms with Crippen molar-refractivity contribution in [3.8, 4) is 0 Å². The van der Waals surface area contributed by atoms with E-state index in [1.54, 1.807) is 11.1 Å². The highest BCUT2D eigenvalue weighted by Gasteiger charge is 2.24. The molecule has 0 spiro atoms. The zero-order valence-corrected chi connectivity index (χ0v) is 15.1. The Morgan fingerprint density at radius 3 is 2.83 bits per heavy atom. The molecule has 1 aliphatic heterocycles. The normalized spacial score (nSPS) is 15.7. The number of aromatic nitrogens is 2. The van der Waals surface area contributed by atoms with Gasteiger partial charge in [-0.1, -0.05) is 12.1 Å². The average molecular weight is 378 g/mol. The predicted molar refractivity (Wildman–Crippen MR) is 93.3 cm³/mol. The fourth-order valence-corrected chi connectivity index (χ4v) is 3.16. The maximum atomic E-state index is 12.1. The highest BCUT2D eigenvalue weighted by molar-refractivity contribution is 9.10. The van der Waals surface area contributed by atoms with E-state index in [-0.39, 0.29) is 6.09 Å². The fraction of sp³-hybridized carbons (Fsp3) is 0.412. The van der Waals surface area contributed by atoms with Crippen LogP contribution in [0.1, 0.15) is 32.8 Å². The average Bonchev–Trinajstić information content (AvgIpc) is 2.87. The van der Waals surface area contributed by atoms with E-state index < -0.39 is 5.60 Å². The van der Waals surface area contributed by atoms with Crippen LogP contribution in [-0.2, 0) is 4.74 Å². The van der Waals surface area contributed by atoms with E-state index in [4.69, 9.17) is 4.74 Å². The molecule has 6 heteroatoms. The van der Waals surface area contributed by atoms with Crippen LogP contribution in [0.3, 0.4) is 0 Å². The van der Waals surface area contributed by atoms with Gasteiger partial charge in [0, 0.05) is 24.8 Å². The predicted octanol–water partition coefficient (Wildman–Crippen LogP) is 4.12. The van der Waals surface area contributed by atoms with Crippen LogP contribution < -0.4 is 0 Å². The highest BCUT2D eigenvalue weighted by Crippen LogP contribution is 2.30. The van der Waals surface area contributed by atoms with E-state index in [0.717, 1.165) is 22.0 Å². The number of hydrogen-bond acceptors (Lipinski definition) is 3. The largest absolute Gasteiger partial charge is 0.444 e. The van der Waals surface area contributed by atoms with Crippen molar-refractivity contribution < 1.29 is 9.53 Å². The maximum Gasteiger partial charge on any atom is 0.410 e. The van der Waals surface area contributed by atoms with Crippen LogP contribution in [0.5, 0.6) is 0 Å². The lowest BCUT2D eigenvalue weighted by Gasteiger charge is -2.29. The molecule has 5 nitrogen and oxygen atoms in total. The second kappa shape index (κ2) is 6.00. The van der Waals surface area contributed by atoms with E-state index in [0.29, 0.717) is 13.1 Å². The van der Waals surface area contributed by atoms with Crippen LogP contribution in [0.2, 0.25) is 0 Å². The van der Waals surface area contributed by atoms with E-state index >= 15 is 0 Å². The number of pyridine rings is 1. The monoisotopic (exact) mass is 377 g/mol. The fourth-order valence-electron chi connectivity index (χ4n) is 2.67. The molecule has 0 saturated heterocycles. The van der Waals surface area contributed by atoms with E-state index in [9.17, 15) is 4.79 Å². The number of fused-ring (bicyclic) bond motifs is 1. The molecule has 0 radical (unpaired) electrons. The van der Waals surface area contributed by atoms with Crippen molar-refractivity contribution in [3.05, 3.63) is 40.6 Å². The quantitative estimate of drug-likeness (QED) is 0.750. The number of rotatable bonds is 1. The lowest BCUT2D eigenvalue weighted by atomic mass is 9.99. The van der Waals surface area contributed by atoms with Gasteiger partial charge in [-0.05, 0) is 54.8 Å². The molecule has 23 heavy (non-hydrogen) atoms. The van der Waals surface area contributed by atoms with Gasteiger partial charge in [0.2, 0.25) is 0 Å². The summed E-state index contributed by atoms with van der Waals surface area (Å²) >= 11 is 3.56. The van der Waals surface area contributed by atoms with E-state index in [2.05, 4.69) is 33.2 Å². The topological polar surface area (TPSA) is 46.8 Å². The molecule has 1 aliphatic rings. The zero-order valence-electron chi connectivity index (χ0n) is 13.5. The molecule has 0 bridgehead atoms. The first-order valence-electron chi connectivity index (χ1n) is 7.64. The van der Waals surface area contributed by atoms with Crippen molar-refractivity contribution >= 4 is 33.1 Å². The standard InChI is InChI=1S/C17H20BrN3O2/c1-17(2,3)23-16(22)20-9-6-12(7-10-20)13-5-4-8-21-15(13)14(18)11-19-21/h4-6,8,11H,7,9-10H2,1-3H3. The molecule has 2 aromatic rings. The molecular weight excluding hydrogens is 358 g/mol. The smallest absolute Gasteiger partial charge is 0.410 e. The molecule has 0 N–H and O–H groups in total. The van der Waals surface area contributed by atoms with Gasteiger partial charge < -0.3 is 9.64 Å². The van der Waals surface area contributed by atoms with Gasteiger partial charge in [0.05, 0.1) is 16.2 Å². The Labute approximate surface area is 144 Å². The Bertz CT molecular complexity index is 774. The second-order valence-corrected chi connectivity index (χ2v) is 7.47. The third-order valence-corrected chi connectivity index (χ3v) is 4.28. The van der Waals surface area contributed by atoms with Gasteiger partial charge in [0.1, 0.15) is 5.60 Å². The van der Waals surface area contributed by atoms with Crippen molar-refractivity contribution in [1.82, 2.24) is 14.5 Å². The minimum absolute atomic E-state index is 0.253. The maximum absolute atomic E-state index is 12.1. The van der Waals surface area contributed by atoms with Gasteiger partial charge in [-0.2, -0.15) is 5.10 Å². The van der Waals surface area contributed by atoms with Crippen molar-refractivity contribution in [1.29, 1.82) is 0 Å². The van der Waals surface area contributed by atoms with Crippen molar-refractivity contribution in [2.45, 2.75) is 32.8 Å². The van der Waals surface area contributed by atoms with Gasteiger partial charge in [-0.25, -0.2) is 9.31 Å². The number of hydrogen-bond donors (Lipinski definition) is 0. The number of carbonyl (C=O) groups excluding carboxylic acids is 1. The first-order chi connectivity index (χ1) is 10.8. The minimum Gasteiger partial charge on any atom is -0.444 e. The summed E-state index contributed by atoms with van der Waals surface area (Å²) in [4.78, 5) is 13.9. The third-order valence-electron chi connectivity index (χ3n) is 3.70. The van der Waals surface area contributed by atoms with E-state index in [1.807, 2.05) is 37.5 Å². The lowest BCUT2D eigenvalue weighted by molar-refractivity contribution is 0.0270. The van der Waals surface area contributed by atoms with Gasteiger partial charge in [-0.3, -0.25) is 0 Å². The molecule has 0 aliphatic carbocycles. The lowest BCUT2D eigenvalue weighted by Crippen LogP contribution is -2.39. The van der Waals surface area contributed by atoms with E-state index in [1.165, 1.54) is 5.57 Å². The molecule has 0 fully saturated rings. The number of carbonyl (C=O) groups is 1. The SMILES string of the molecule is CC(C)(C)OC(=O)N1CC=C(c2cccn3ncc(Br)c23)CC1. The number of ether oxygens (including phenoxy) is 1. The zero-order chi connectivity index (χ0) is 16.6. The Kier molecular flexibility index (Phi) is 4.19. The van der Waals surface area contributed by atoms with Gasteiger partial charge in [-0.15, -0.1) is 0 Å². The molecule has 0 atom stereocenters. The molecule has 0 aromatic carbocycles. The summed E-state index contributed by atoms with van der Waals surface area (Å²) in [7, 11) is 0. The number of amides is 1. The first kappa shape index (κ1) is 16.1. The first-order valence-corrected chi connectivity index (χ1v) is 8.43. The molecule has 2 aromatic heterocycles. The molecular formula is C17H20BrN3O2. The van der Waals surface area contributed by atoms with Crippen LogP contribution in [0.15, 0.2) is 35.1 Å². The van der Waals surface area contributed by atoms with Gasteiger partial charge in [0.25, 0.3) is 0 Å². The van der Waals surface area contributed by atoms with Crippen molar-refractivity contribution in [2.24, 2.45) is 0 Å². The summed E-state index contributed by atoms with van der Waals surface area (Å²) in [6, 6.07) is 4.08. The second-order valence-electron chi connectivity index (χ2n) is 6.61. The summed E-state index contributed by atoms with van der Waals surface area (Å²) in [5, 5.41) is 4.32.